The molecule has 0 saturated heterocycles. The van der Waals surface area contributed by atoms with Gasteiger partial charge in [-0.1, -0.05) is 18.2 Å². The van der Waals surface area contributed by atoms with Gasteiger partial charge in [0.2, 0.25) is 10.0 Å². The van der Waals surface area contributed by atoms with Gasteiger partial charge in [-0.2, -0.15) is 0 Å². The number of sulfonamides is 1. The molecule has 0 heterocycles. The smallest absolute Gasteiger partial charge is 0.209 e. The van der Waals surface area contributed by atoms with Gasteiger partial charge in [-0.05, 0) is 26.0 Å². The molecule has 0 unspecified atom stereocenters. The highest BCUT2D eigenvalue weighted by Gasteiger charge is 2.21. The van der Waals surface area contributed by atoms with Gasteiger partial charge in [0.05, 0.1) is 6.26 Å². The summed E-state index contributed by atoms with van der Waals surface area (Å²) in [6.45, 7) is 5.18. The molecule has 0 amide bonds. The van der Waals surface area contributed by atoms with E-state index >= 15 is 0 Å². The van der Waals surface area contributed by atoms with E-state index in [-0.39, 0.29) is 0 Å². The van der Waals surface area contributed by atoms with Crippen LogP contribution >= 0.6 is 11.8 Å². The zero-order valence-electron chi connectivity index (χ0n) is 11.6. The van der Waals surface area contributed by atoms with Crippen LogP contribution in [0.5, 0.6) is 0 Å². The van der Waals surface area contributed by atoms with Crippen molar-refractivity contribution in [3.8, 4) is 0 Å². The maximum absolute atomic E-state index is 11.2. The molecule has 1 aromatic rings. The fourth-order valence-corrected chi connectivity index (χ4v) is 3.60. The lowest BCUT2D eigenvalue weighted by atomic mass is 10.1. The minimum atomic E-state index is -3.16. The summed E-state index contributed by atoms with van der Waals surface area (Å²) in [6.07, 6.45) is 1.18. The van der Waals surface area contributed by atoms with Crippen molar-refractivity contribution >= 4 is 21.8 Å². The molecule has 0 fully saturated rings. The first-order valence-corrected chi connectivity index (χ1v) is 9.04. The Balaban J connectivity index is 2.20. The van der Waals surface area contributed by atoms with Crippen LogP contribution in [0, 0.1) is 0 Å². The molecule has 108 valence electrons. The Hall–Kier alpha value is -0.560. The van der Waals surface area contributed by atoms with Crippen LogP contribution < -0.4 is 10.0 Å². The molecule has 1 rings (SSSR count). The van der Waals surface area contributed by atoms with Crippen LogP contribution in [0.4, 0.5) is 0 Å². The topological polar surface area (TPSA) is 58.2 Å². The van der Waals surface area contributed by atoms with Crippen LogP contribution in [-0.2, 0) is 10.0 Å². The van der Waals surface area contributed by atoms with E-state index in [1.54, 1.807) is 11.8 Å². The molecule has 0 saturated carbocycles. The summed E-state index contributed by atoms with van der Waals surface area (Å²) < 4.78 is 25.0. The van der Waals surface area contributed by atoms with Crippen LogP contribution in [0.1, 0.15) is 13.8 Å². The molecule has 6 heteroatoms. The molecule has 0 aromatic heterocycles. The van der Waals surface area contributed by atoms with Gasteiger partial charge in [-0.15, -0.1) is 11.8 Å². The second-order valence-corrected chi connectivity index (χ2v) is 8.01. The minimum Gasteiger partial charge on any atom is -0.314 e. The van der Waals surface area contributed by atoms with Crippen LogP contribution in [0.25, 0.3) is 0 Å². The summed E-state index contributed by atoms with van der Waals surface area (Å²) >= 11 is 1.78. The van der Waals surface area contributed by atoms with Crippen LogP contribution in [0.3, 0.4) is 0 Å². The summed E-state index contributed by atoms with van der Waals surface area (Å²) in [6, 6.07) is 10.2. The first kappa shape index (κ1) is 16.5. The average molecular weight is 302 g/mol. The number of benzene rings is 1. The van der Waals surface area contributed by atoms with Crippen LogP contribution in [0.15, 0.2) is 35.2 Å². The first-order chi connectivity index (χ1) is 8.79. The Morgan fingerprint density at radius 3 is 2.42 bits per heavy atom. The number of nitrogens with one attached hydrogen (secondary N) is 2. The molecule has 0 bridgehead atoms. The molecule has 0 aliphatic rings. The second kappa shape index (κ2) is 7.28. The first-order valence-electron chi connectivity index (χ1n) is 6.16. The predicted octanol–water partition coefficient (Wildman–Crippen LogP) is 1.70. The maximum Gasteiger partial charge on any atom is 0.209 e. The summed E-state index contributed by atoms with van der Waals surface area (Å²) in [5.41, 5.74) is -0.467. The maximum atomic E-state index is 11.2. The molecular weight excluding hydrogens is 280 g/mol. The van der Waals surface area contributed by atoms with Crippen LogP contribution in [0.2, 0.25) is 0 Å². The lowest BCUT2D eigenvalue weighted by Crippen LogP contribution is -2.50. The van der Waals surface area contributed by atoms with E-state index in [1.165, 1.54) is 11.2 Å². The Kier molecular flexibility index (Phi) is 6.32. The van der Waals surface area contributed by atoms with Gasteiger partial charge in [0.1, 0.15) is 0 Å². The molecule has 19 heavy (non-hydrogen) atoms. The second-order valence-electron chi connectivity index (χ2n) is 5.10. The van der Waals surface area contributed by atoms with Crippen molar-refractivity contribution in [2.75, 3.05) is 25.1 Å². The zero-order chi connectivity index (χ0) is 14.4. The van der Waals surface area contributed by atoms with E-state index in [0.29, 0.717) is 6.54 Å². The standard InChI is InChI=1S/C13H22N2O2S2/c1-13(2,15-19(3,16)17)11-14-9-10-18-12-7-5-4-6-8-12/h4-8,14-15H,9-11H2,1-3H3. The van der Waals surface area contributed by atoms with Crippen molar-refractivity contribution in [1.29, 1.82) is 0 Å². The van der Waals surface area contributed by atoms with E-state index < -0.39 is 15.6 Å². The quantitative estimate of drug-likeness (QED) is 0.567. The highest BCUT2D eigenvalue weighted by atomic mass is 32.2. The minimum absolute atomic E-state index is 0.467. The monoisotopic (exact) mass is 302 g/mol. The Bertz CT molecular complexity index is 473. The van der Waals surface area contributed by atoms with Gasteiger partial charge < -0.3 is 5.32 Å². The Labute approximate surface area is 120 Å². The molecule has 0 radical (unpaired) electrons. The van der Waals surface area contributed by atoms with Crippen molar-refractivity contribution in [3.05, 3.63) is 30.3 Å². The molecule has 0 aliphatic heterocycles. The van der Waals surface area contributed by atoms with Crippen molar-refractivity contribution in [2.24, 2.45) is 0 Å². The average Bonchev–Trinajstić information content (AvgIpc) is 2.26. The van der Waals surface area contributed by atoms with E-state index in [0.717, 1.165) is 12.3 Å². The van der Waals surface area contributed by atoms with E-state index in [2.05, 4.69) is 22.2 Å². The molecule has 2 N–H and O–H groups in total. The van der Waals surface area contributed by atoms with Crippen molar-refractivity contribution in [3.63, 3.8) is 0 Å². The molecule has 0 atom stereocenters. The fourth-order valence-electron chi connectivity index (χ4n) is 1.70. The van der Waals surface area contributed by atoms with Crippen molar-refractivity contribution < 1.29 is 8.42 Å². The number of rotatable bonds is 8. The Morgan fingerprint density at radius 1 is 1.21 bits per heavy atom. The van der Waals surface area contributed by atoms with Crippen molar-refractivity contribution in [2.45, 2.75) is 24.3 Å². The lowest BCUT2D eigenvalue weighted by molar-refractivity contribution is 0.427. The molecule has 4 nitrogen and oxygen atoms in total. The summed E-state index contributed by atoms with van der Waals surface area (Å²) in [5.74, 6) is 0.957. The lowest BCUT2D eigenvalue weighted by Gasteiger charge is -2.25. The van der Waals surface area contributed by atoms with Gasteiger partial charge >= 0.3 is 0 Å². The third-order valence-corrected chi connectivity index (χ3v) is 4.26. The number of hydrogen-bond acceptors (Lipinski definition) is 4. The third-order valence-electron chi connectivity index (χ3n) is 2.32. The van der Waals surface area contributed by atoms with E-state index in [9.17, 15) is 8.42 Å². The predicted molar refractivity (Wildman–Crippen MR) is 82.1 cm³/mol. The van der Waals surface area contributed by atoms with Crippen LogP contribution in [-0.4, -0.2) is 39.1 Å². The summed E-state index contributed by atoms with van der Waals surface area (Å²) in [7, 11) is -3.16. The van der Waals surface area contributed by atoms with E-state index in [1.807, 2.05) is 32.0 Å². The van der Waals surface area contributed by atoms with Gasteiger partial charge in [0.15, 0.2) is 0 Å². The number of hydrogen-bond donors (Lipinski definition) is 2. The summed E-state index contributed by atoms with van der Waals surface area (Å²) in [5, 5.41) is 3.27. The molecular formula is C13H22N2O2S2. The van der Waals surface area contributed by atoms with Gasteiger partial charge in [0, 0.05) is 29.3 Å². The SMILES string of the molecule is CC(C)(CNCCSc1ccccc1)NS(C)(=O)=O. The van der Waals surface area contributed by atoms with Crippen molar-refractivity contribution in [1.82, 2.24) is 10.0 Å². The highest BCUT2D eigenvalue weighted by Crippen LogP contribution is 2.15. The zero-order valence-corrected chi connectivity index (χ0v) is 13.3. The van der Waals surface area contributed by atoms with E-state index in [4.69, 9.17) is 0 Å². The van der Waals surface area contributed by atoms with Gasteiger partial charge in [0.25, 0.3) is 0 Å². The van der Waals surface area contributed by atoms with Gasteiger partial charge in [-0.3, -0.25) is 0 Å². The highest BCUT2D eigenvalue weighted by molar-refractivity contribution is 7.99. The van der Waals surface area contributed by atoms with Gasteiger partial charge in [-0.25, -0.2) is 13.1 Å². The third kappa shape index (κ3) is 8.26. The molecule has 1 aromatic carbocycles. The molecule has 0 aliphatic carbocycles. The molecule has 0 spiro atoms. The fraction of sp³-hybridized carbons (Fsp3) is 0.538. The Morgan fingerprint density at radius 2 is 1.84 bits per heavy atom. The number of thioether (sulfide) groups is 1. The largest absolute Gasteiger partial charge is 0.314 e. The normalized spacial score (nSPS) is 12.6. The summed E-state index contributed by atoms with van der Waals surface area (Å²) in [4.78, 5) is 1.25.